The first kappa shape index (κ1) is 16.1. The standard InChI is InChI=1S/C14H17F2NO3/c1-3-10(2)4-5-14(17(18)19)20-9-11-6-12(15)8-13(16)7-11/h5-8,10H,3-4,9H2,1-2H3/t10-/m0/s1. The summed E-state index contributed by atoms with van der Waals surface area (Å²) in [5, 5.41) is 10.8. The summed E-state index contributed by atoms with van der Waals surface area (Å²) in [6.45, 7) is 3.71. The Kier molecular flexibility index (Phi) is 6.09. The molecule has 0 spiro atoms. The topological polar surface area (TPSA) is 52.4 Å². The number of rotatable bonds is 7. The molecule has 0 saturated heterocycles. The van der Waals surface area contributed by atoms with Crippen molar-refractivity contribution in [2.45, 2.75) is 33.3 Å². The Hall–Kier alpha value is -1.98. The number of nitro groups is 1. The highest BCUT2D eigenvalue weighted by molar-refractivity contribution is 5.17. The fourth-order valence-electron chi connectivity index (χ4n) is 1.51. The molecular formula is C14H17F2NO3. The Labute approximate surface area is 116 Å². The highest BCUT2D eigenvalue weighted by atomic mass is 19.1. The van der Waals surface area contributed by atoms with Crippen LogP contribution >= 0.6 is 0 Å². The van der Waals surface area contributed by atoms with E-state index in [0.717, 1.165) is 24.6 Å². The van der Waals surface area contributed by atoms with Crippen molar-refractivity contribution in [1.82, 2.24) is 0 Å². The predicted molar refractivity (Wildman–Crippen MR) is 70.3 cm³/mol. The van der Waals surface area contributed by atoms with Gasteiger partial charge in [-0.15, -0.1) is 0 Å². The molecule has 0 aliphatic carbocycles. The van der Waals surface area contributed by atoms with E-state index in [4.69, 9.17) is 4.74 Å². The third kappa shape index (κ3) is 5.34. The number of benzene rings is 1. The van der Waals surface area contributed by atoms with Gasteiger partial charge in [0.2, 0.25) is 0 Å². The Morgan fingerprint density at radius 1 is 1.40 bits per heavy atom. The van der Waals surface area contributed by atoms with E-state index in [0.29, 0.717) is 12.3 Å². The maximum Gasteiger partial charge on any atom is 0.424 e. The molecule has 1 rings (SSSR count). The molecule has 0 unspecified atom stereocenters. The number of halogens is 2. The fourth-order valence-corrected chi connectivity index (χ4v) is 1.51. The molecule has 0 radical (unpaired) electrons. The summed E-state index contributed by atoms with van der Waals surface area (Å²) in [5.74, 6) is -1.57. The summed E-state index contributed by atoms with van der Waals surface area (Å²) < 4.78 is 31.0. The summed E-state index contributed by atoms with van der Waals surface area (Å²) in [5.41, 5.74) is 0.207. The predicted octanol–water partition coefficient (Wildman–Crippen LogP) is 4.04. The van der Waals surface area contributed by atoms with Crippen LogP contribution in [0.1, 0.15) is 32.3 Å². The van der Waals surface area contributed by atoms with Crippen LogP contribution in [0.2, 0.25) is 0 Å². The number of hydrogen-bond donors (Lipinski definition) is 0. The molecule has 0 amide bonds. The monoisotopic (exact) mass is 285 g/mol. The average molecular weight is 285 g/mol. The highest BCUT2D eigenvalue weighted by Crippen LogP contribution is 2.14. The van der Waals surface area contributed by atoms with Gasteiger partial charge in [0.25, 0.3) is 0 Å². The lowest BCUT2D eigenvalue weighted by atomic mass is 10.1. The normalized spacial score (nSPS) is 13.1. The van der Waals surface area contributed by atoms with Crippen LogP contribution in [0.5, 0.6) is 0 Å². The molecule has 110 valence electrons. The quantitative estimate of drug-likeness (QED) is 0.431. The van der Waals surface area contributed by atoms with Gasteiger partial charge in [-0.3, -0.25) is 10.1 Å². The fraction of sp³-hybridized carbons (Fsp3) is 0.429. The second-order valence-corrected chi connectivity index (χ2v) is 4.61. The van der Waals surface area contributed by atoms with E-state index in [1.807, 2.05) is 13.8 Å². The van der Waals surface area contributed by atoms with Crippen molar-refractivity contribution >= 4 is 0 Å². The first-order valence-electron chi connectivity index (χ1n) is 6.34. The van der Waals surface area contributed by atoms with Gasteiger partial charge in [0, 0.05) is 12.1 Å². The van der Waals surface area contributed by atoms with Crippen LogP contribution in [-0.4, -0.2) is 4.92 Å². The van der Waals surface area contributed by atoms with Crippen molar-refractivity contribution in [2.75, 3.05) is 0 Å². The molecule has 4 nitrogen and oxygen atoms in total. The molecule has 20 heavy (non-hydrogen) atoms. The molecule has 1 atom stereocenters. The van der Waals surface area contributed by atoms with Crippen LogP contribution in [-0.2, 0) is 11.3 Å². The number of ether oxygens (including phenoxy) is 1. The third-order valence-corrected chi connectivity index (χ3v) is 2.88. The van der Waals surface area contributed by atoms with Gasteiger partial charge in [-0.2, -0.15) is 0 Å². The number of nitrogens with zero attached hydrogens (tertiary/aromatic N) is 1. The van der Waals surface area contributed by atoms with E-state index in [1.165, 1.54) is 6.08 Å². The van der Waals surface area contributed by atoms with E-state index >= 15 is 0 Å². The molecule has 1 aromatic rings. The summed E-state index contributed by atoms with van der Waals surface area (Å²) in [4.78, 5) is 10.2. The summed E-state index contributed by atoms with van der Waals surface area (Å²) in [7, 11) is 0. The zero-order valence-electron chi connectivity index (χ0n) is 11.4. The summed E-state index contributed by atoms with van der Waals surface area (Å²) in [6.07, 6.45) is 2.81. The first-order chi connectivity index (χ1) is 9.42. The largest absolute Gasteiger partial charge is 0.436 e. The van der Waals surface area contributed by atoms with Crippen LogP contribution in [0.4, 0.5) is 8.78 Å². The van der Waals surface area contributed by atoms with Gasteiger partial charge in [-0.05, 0) is 30.0 Å². The van der Waals surface area contributed by atoms with Crippen LogP contribution in [0, 0.1) is 27.7 Å². The first-order valence-corrected chi connectivity index (χ1v) is 6.34. The van der Waals surface area contributed by atoms with Gasteiger partial charge >= 0.3 is 5.88 Å². The van der Waals surface area contributed by atoms with Crippen LogP contribution in [0.15, 0.2) is 30.2 Å². The average Bonchev–Trinajstić information content (AvgIpc) is 2.36. The third-order valence-electron chi connectivity index (χ3n) is 2.88. The van der Waals surface area contributed by atoms with Gasteiger partial charge in [0.05, 0.1) is 0 Å². The lowest BCUT2D eigenvalue weighted by Crippen LogP contribution is -2.05. The number of allylic oxidation sites excluding steroid dienone is 1. The SMILES string of the molecule is CC[C@H](C)CC=C(OCc1cc(F)cc(F)c1)[N+](=O)[O-]. The van der Waals surface area contributed by atoms with Gasteiger partial charge in [-0.25, -0.2) is 8.78 Å². The van der Waals surface area contributed by atoms with E-state index in [1.54, 1.807) is 0 Å². The molecule has 0 aliphatic heterocycles. The van der Waals surface area contributed by atoms with Crippen molar-refractivity contribution < 1.29 is 18.4 Å². The number of hydrogen-bond acceptors (Lipinski definition) is 3. The van der Waals surface area contributed by atoms with Gasteiger partial charge in [0.1, 0.15) is 23.2 Å². The molecule has 1 aromatic carbocycles. The molecular weight excluding hydrogens is 268 g/mol. The van der Waals surface area contributed by atoms with E-state index < -0.39 is 22.4 Å². The molecule has 0 fully saturated rings. The molecule has 0 N–H and O–H groups in total. The lowest BCUT2D eigenvalue weighted by molar-refractivity contribution is -0.465. The molecule has 0 heterocycles. The molecule has 0 bridgehead atoms. The summed E-state index contributed by atoms with van der Waals surface area (Å²) in [6, 6.07) is 2.89. The van der Waals surface area contributed by atoms with Crippen molar-refractivity contribution in [1.29, 1.82) is 0 Å². The highest BCUT2D eigenvalue weighted by Gasteiger charge is 2.13. The second kappa shape index (κ2) is 7.57. The van der Waals surface area contributed by atoms with Crippen molar-refractivity contribution in [3.05, 3.63) is 57.5 Å². The maximum absolute atomic E-state index is 13.0. The van der Waals surface area contributed by atoms with Gasteiger partial charge in [-0.1, -0.05) is 20.3 Å². The van der Waals surface area contributed by atoms with Crippen molar-refractivity contribution in [2.24, 2.45) is 5.92 Å². The molecule has 0 aliphatic rings. The minimum atomic E-state index is -0.741. The smallest absolute Gasteiger partial charge is 0.424 e. The van der Waals surface area contributed by atoms with E-state index in [9.17, 15) is 18.9 Å². The Balaban J connectivity index is 2.69. The van der Waals surface area contributed by atoms with E-state index in [2.05, 4.69) is 0 Å². The zero-order chi connectivity index (χ0) is 15.1. The Bertz CT molecular complexity index is 483. The maximum atomic E-state index is 13.0. The Morgan fingerprint density at radius 3 is 2.50 bits per heavy atom. The zero-order valence-corrected chi connectivity index (χ0v) is 11.4. The Morgan fingerprint density at radius 2 is 2.00 bits per heavy atom. The molecule has 0 saturated carbocycles. The minimum Gasteiger partial charge on any atom is -0.436 e. The lowest BCUT2D eigenvalue weighted by Gasteiger charge is -2.06. The molecule has 0 aromatic heterocycles. The second-order valence-electron chi connectivity index (χ2n) is 4.61. The van der Waals surface area contributed by atoms with Crippen LogP contribution < -0.4 is 0 Å². The van der Waals surface area contributed by atoms with Crippen LogP contribution in [0.3, 0.4) is 0 Å². The van der Waals surface area contributed by atoms with Crippen molar-refractivity contribution in [3.8, 4) is 0 Å². The van der Waals surface area contributed by atoms with E-state index in [-0.39, 0.29) is 12.2 Å². The minimum absolute atomic E-state index is 0.207. The van der Waals surface area contributed by atoms with Crippen molar-refractivity contribution in [3.63, 3.8) is 0 Å². The molecule has 6 heteroatoms. The van der Waals surface area contributed by atoms with Crippen LogP contribution in [0.25, 0.3) is 0 Å². The van der Waals surface area contributed by atoms with Gasteiger partial charge in [0.15, 0.2) is 0 Å². The summed E-state index contributed by atoms with van der Waals surface area (Å²) >= 11 is 0. The van der Waals surface area contributed by atoms with Gasteiger partial charge < -0.3 is 4.74 Å².